The predicted octanol–water partition coefficient (Wildman–Crippen LogP) is 0.817. The number of rotatable bonds is 7. The third-order valence-electron chi connectivity index (χ3n) is 4.94. The number of likely N-dealkylation sites (N-methyl/N-ethyl adjacent to an activating group) is 1. The van der Waals surface area contributed by atoms with E-state index in [4.69, 9.17) is 9.15 Å². The molecule has 0 spiro atoms. The lowest BCUT2D eigenvalue weighted by Crippen LogP contribution is -2.56. The minimum Gasteiger partial charge on any atom is -0.408 e. The molecule has 0 saturated carbocycles. The van der Waals surface area contributed by atoms with Crippen molar-refractivity contribution in [3.63, 3.8) is 0 Å². The van der Waals surface area contributed by atoms with Gasteiger partial charge in [0.1, 0.15) is 12.6 Å². The number of aliphatic hydroxyl groups excluding tert-OH is 1. The van der Waals surface area contributed by atoms with E-state index in [1.807, 2.05) is 7.05 Å². The van der Waals surface area contributed by atoms with E-state index in [1.54, 1.807) is 24.3 Å². The smallest absolute Gasteiger partial charge is 0.408 e. The van der Waals surface area contributed by atoms with Crippen molar-refractivity contribution in [2.45, 2.75) is 45.1 Å². The number of benzene rings is 1. The maximum absolute atomic E-state index is 12.5. The van der Waals surface area contributed by atoms with Crippen molar-refractivity contribution in [1.82, 2.24) is 14.8 Å². The van der Waals surface area contributed by atoms with Crippen LogP contribution in [0.4, 0.5) is 0 Å². The number of aromatic nitrogens is 1. The number of hydrogen-bond donors (Lipinski definition) is 2. The highest BCUT2D eigenvalue weighted by Gasteiger charge is 2.34. The average Bonchev–Trinajstić information content (AvgIpc) is 2.93. The van der Waals surface area contributed by atoms with Crippen LogP contribution < -0.4 is 11.1 Å². The van der Waals surface area contributed by atoms with E-state index in [2.05, 4.69) is 24.1 Å². The maximum Gasteiger partial charge on any atom is 0.420 e. The Morgan fingerprint density at radius 1 is 1.39 bits per heavy atom. The van der Waals surface area contributed by atoms with E-state index in [-0.39, 0.29) is 18.6 Å². The van der Waals surface area contributed by atoms with Crippen molar-refractivity contribution in [3.05, 3.63) is 34.8 Å². The largest absolute Gasteiger partial charge is 0.420 e. The van der Waals surface area contributed by atoms with Crippen molar-refractivity contribution >= 4 is 17.0 Å². The van der Waals surface area contributed by atoms with Crippen LogP contribution in [-0.4, -0.2) is 65.5 Å². The summed E-state index contributed by atoms with van der Waals surface area (Å²) in [7, 11) is 1.99. The molecule has 3 rings (SSSR count). The van der Waals surface area contributed by atoms with E-state index in [0.717, 1.165) is 6.54 Å². The van der Waals surface area contributed by atoms with Gasteiger partial charge in [-0.3, -0.25) is 9.36 Å². The fourth-order valence-electron chi connectivity index (χ4n) is 3.76. The van der Waals surface area contributed by atoms with Crippen LogP contribution in [-0.2, 0) is 16.1 Å². The van der Waals surface area contributed by atoms with Gasteiger partial charge in [-0.05, 0) is 31.5 Å². The van der Waals surface area contributed by atoms with E-state index in [9.17, 15) is 14.7 Å². The van der Waals surface area contributed by atoms with Gasteiger partial charge in [0.15, 0.2) is 5.58 Å². The molecule has 0 bridgehead atoms. The summed E-state index contributed by atoms with van der Waals surface area (Å²) in [6.45, 7) is 6.09. The van der Waals surface area contributed by atoms with Gasteiger partial charge in [-0.1, -0.05) is 26.0 Å². The Labute approximate surface area is 164 Å². The Kier molecular flexibility index (Phi) is 6.53. The summed E-state index contributed by atoms with van der Waals surface area (Å²) in [5, 5.41) is 13.5. The van der Waals surface area contributed by atoms with Gasteiger partial charge in [-0.25, -0.2) is 4.79 Å². The maximum atomic E-state index is 12.5. The summed E-state index contributed by atoms with van der Waals surface area (Å²) in [5.41, 5.74) is 1.02. The molecule has 1 amide bonds. The van der Waals surface area contributed by atoms with Crippen LogP contribution in [0.3, 0.4) is 0 Å². The molecule has 1 aliphatic heterocycles. The van der Waals surface area contributed by atoms with Crippen molar-refractivity contribution < 1.29 is 19.1 Å². The van der Waals surface area contributed by atoms with Gasteiger partial charge in [-0.2, -0.15) is 0 Å². The second-order valence-electron chi connectivity index (χ2n) is 7.90. The number of fused-ring (bicyclic) bond motifs is 1. The van der Waals surface area contributed by atoms with Crippen LogP contribution >= 0.6 is 0 Å². The molecule has 2 aromatic rings. The Hall–Kier alpha value is -2.16. The lowest BCUT2D eigenvalue weighted by atomic mass is 9.99. The molecular weight excluding hydrogens is 362 g/mol. The van der Waals surface area contributed by atoms with Crippen LogP contribution in [0.25, 0.3) is 11.1 Å². The summed E-state index contributed by atoms with van der Waals surface area (Å²) in [5.74, 6) is -0.393. The third kappa shape index (κ3) is 4.81. The number of amides is 1. The molecule has 0 radical (unpaired) electrons. The molecule has 0 unspecified atom stereocenters. The number of aliphatic hydroxyl groups is 1. The van der Waals surface area contributed by atoms with E-state index < -0.39 is 17.9 Å². The molecule has 2 heterocycles. The number of carbonyl (C=O) groups excluding carboxylic acids is 1. The quantitative estimate of drug-likeness (QED) is 0.725. The lowest BCUT2D eigenvalue weighted by molar-refractivity contribution is -0.130. The van der Waals surface area contributed by atoms with Crippen molar-refractivity contribution in [2.75, 3.05) is 26.7 Å². The topological polar surface area (TPSA) is 96.9 Å². The van der Waals surface area contributed by atoms with Crippen LogP contribution in [0.2, 0.25) is 0 Å². The molecule has 8 heteroatoms. The monoisotopic (exact) mass is 391 g/mol. The molecule has 1 aliphatic rings. The first-order valence-electron chi connectivity index (χ1n) is 9.71. The molecule has 0 aliphatic carbocycles. The first-order valence-corrected chi connectivity index (χ1v) is 9.71. The van der Waals surface area contributed by atoms with Gasteiger partial charge >= 0.3 is 5.76 Å². The first-order chi connectivity index (χ1) is 13.3. The van der Waals surface area contributed by atoms with Gasteiger partial charge < -0.3 is 24.5 Å². The molecule has 1 saturated heterocycles. The second-order valence-corrected chi connectivity index (χ2v) is 7.90. The molecule has 3 atom stereocenters. The van der Waals surface area contributed by atoms with Gasteiger partial charge in [0.05, 0.1) is 17.7 Å². The zero-order valence-electron chi connectivity index (χ0n) is 16.6. The fraction of sp³-hybridized carbons (Fsp3) is 0.600. The highest BCUT2D eigenvalue weighted by Crippen LogP contribution is 2.17. The summed E-state index contributed by atoms with van der Waals surface area (Å²) in [6.07, 6.45) is -0.636. The SMILES string of the molecule is CC(C)CN(C)C[C@H]1OCC[C@H](NC(=O)Cn2c(=O)oc3ccccc32)[C@@H]1O. The van der Waals surface area contributed by atoms with Gasteiger partial charge in [0.2, 0.25) is 5.91 Å². The van der Waals surface area contributed by atoms with Gasteiger partial charge in [0, 0.05) is 19.7 Å². The molecule has 1 aromatic carbocycles. The third-order valence-corrected chi connectivity index (χ3v) is 4.94. The number of para-hydroxylation sites is 2. The van der Waals surface area contributed by atoms with Gasteiger partial charge in [0.25, 0.3) is 0 Å². The molecular formula is C20H29N3O5. The summed E-state index contributed by atoms with van der Waals surface area (Å²) < 4.78 is 12.2. The van der Waals surface area contributed by atoms with Crippen molar-refractivity contribution in [2.24, 2.45) is 5.92 Å². The molecule has 28 heavy (non-hydrogen) atoms. The Bertz CT molecular complexity index is 859. The molecule has 2 N–H and O–H groups in total. The van der Waals surface area contributed by atoms with Crippen LogP contribution in [0.5, 0.6) is 0 Å². The number of ether oxygens (including phenoxy) is 1. The predicted molar refractivity (Wildman–Crippen MR) is 105 cm³/mol. The van der Waals surface area contributed by atoms with Gasteiger partial charge in [-0.15, -0.1) is 0 Å². The van der Waals surface area contributed by atoms with Crippen LogP contribution in [0.15, 0.2) is 33.5 Å². The second kappa shape index (κ2) is 8.89. The van der Waals surface area contributed by atoms with E-state index in [1.165, 1.54) is 4.57 Å². The minimum atomic E-state index is -0.801. The Balaban J connectivity index is 1.61. The lowest BCUT2D eigenvalue weighted by Gasteiger charge is -2.37. The standard InChI is InChI=1S/C20H29N3O5/c1-13(2)10-22(3)11-17-19(25)14(8-9-27-17)21-18(24)12-23-15-6-4-5-7-16(15)28-20(23)26/h4-7,13-14,17,19,25H,8-12H2,1-3H3,(H,21,24)/t14-,17+,19-/m0/s1. The molecule has 1 aromatic heterocycles. The number of hydrogen-bond acceptors (Lipinski definition) is 6. The van der Waals surface area contributed by atoms with Crippen molar-refractivity contribution in [1.29, 1.82) is 0 Å². The Morgan fingerprint density at radius 3 is 2.89 bits per heavy atom. The molecule has 154 valence electrons. The molecule has 1 fully saturated rings. The summed E-state index contributed by atoms with van der Waals surface area (Å²) in [4.78, 5) is 26.7. The van der Waals surface area contributed by atoms with E-state index in [0.29, 0.717) is 36.6 Å². The average molecular weight is 391 g/mol. The zero-order valence-corrected chi connectivity index (χ0v) is 16.6. The van der Waals surface area contributed by atoms with Crippen LogP contribution in [0, 0.1) is 5.92 Å². The Morgan fingerprint density at radius 2 is 2.14 bits per heavy atom. The summed E-state index contributed by atoms with van der Waals surface area (Å²) in [6, 6.07) is 6.56. The van der Waals surface area contributed by atoms with Crippen LogP contribution in [0.1, 0.15) is 20.3 Å². The summed E-state index contributed by atoms with van der Waals surface area (Å²) >= 11 is 0. The first kappa shape index (κ1) is 20.6. The number of nitrogens with zero attached hydrogens (tertiary/aromatic N) is 2. The van der Waals surface area contributed by atoms with Crippen molar-refractivity contribution in [3.8, 4) is 0 Å². The zero-order chi connectivity index (χ0) is 20.3. The molecule has 8 nitrogen and oxygen atoms in total. The number of nitrogens with one attached hydrogen (secondary N) is 1. The number of carbonyl (C=O) groups is 1. The highest BCUT2D eigenvalue weighted by molar-refractivity contribution is 5.79. The van der Waals surface area contributed by atoms with E-state index >= 15 is 0 Å². The number of oxazole rings is 1. The minimum absolute atomic E-state index is 0.155. The fourth-order valence-corrected chi connectivity index (χ4v) is 3.76. The highest BCUT2D eigenvalue weighted by atomic mass is 16.5. The normalized spacial score (nSPS) is 22.9.